The van der Waals surface area contributed by atoms with Crippen LogP contribution in [0.25, 0.3) is 0 Å². The SMILES string of the molecule is O=C(CCCNC(=O)c1ccc(Cl)cc1)NC[C@@H](c1cccs1)N1CCOCC1. The molecule has 1 aliphatic heterocycles. The van der Waals surface area contributed by atoms with Crippen LogP contribution in [0.3, 0.4) is 0 Å². The smallest absolute Gasteiger partial charge is 0.251 e. The van der Waals surface area contributed by atoms with Gasteiger partial charge in [0.15, 0.2) is 0 Å². The summed E-state index contributed by atoms with van der Waals surface area (Å²) in [5.74, 6) is -0.160. The first-order valence-corrected chi connectivity index (χ1v) is 11.0. The quantitative estimate of drug-likeness (QED) is 0.594. The van der Waals surface area contributed by atoms with E-state index in [1.165, 1.54) is 4.88 Å². The van der Waals surface area contributed by atoms with Crippen molar-refractivity contribution in [2.24, 2.45) is 0 Å². The van der Waals surface area contributed by atoms with Crippen LogP contribution in [-0.4, -0.2) is 56.1 Å². The summed E-state index contributed by atoms with van der Waals surface area (Å²) in [4.78, 5) is 27.9. The molecule has 2 heterocycles. The molecule has 29 heavy (non-hydrogen) atoms. The van der Waals surface area contributed by atoms with Crippen molar-refractivity contribution in [3.05, 3.63) is 57.2 Å². The normalized spacial score (nSPS) is 15.6. The molecule has 1 aromatic carbocycles. The van der Waals surface area contributed by atoms with Gasteiger partial charge in [0, 0.05) is 48.1 Å². The summed E-state index contributed by atoms with van der Waals surface area (Å²) in [5.41, 5.74) is 0.558. The molecule has 1 aliphatic rings. The predicted molar refractivity (Wildman–Crippen MR) is 115 cm³/mol. The Morgan fingerprint density at radius 3 is 2.59 bits per heavy atom. The number of hydrogen-bond acceptors (Lipinski definition) is 5. The van der Waals surface area contributed by atoms with Crippen LogP contribution in [0.2, 0.25) is 5.02 Å². The van der Waals surface area contributed by atoms with Gasteiger partial charge in [0.2, 0.25) is 5.91 Å². The van der Waals surface area contributed by atoms with E-state index in [2.05, 4.69) is 27.0 Å². The van der Waals surface area contributed by atoms with Crippen LogP contribution < -0.4 is 10.6 Å². The summed E-state index contributed by atoms with van der Waals surface area (Å²) in [7, 11) is 0. The first kappa shape index (κ1) is 21.8. The van der Waals surface area contributed by atoms with Crippen molar-refractivity contribution in [2.45, 2.75) is 18.9 Å². The summed E-state index contributed by atoms with van der Waals surface area (Å²) < 4.78 is 5.45. The molecule has 156 valence electrons. The van der Waals surface area contributed by atoms with E-state index in [0.29, 0.717) is 36.5 Å². The lowest BCUT2D eigenvalue weighted by molar-refractivity contribution is -0.121. The predicted octanol–water partition coefficient (Wildman–Crippen LogP) is 3.10. The van der Waals surface area contributed by atoms with Crippen molar-refractivity contribution < 1.29 is 14.3 Å². The minimum absolute atomic E-state index is 0.000516. The fourth-order valence-electron chi connectivity index (χ4n) is 3.23. The Balaban J connectivity index is 1.39. The van der Waals surface area contributed by atoms with E-state index in [-0.39, 0.29) is 17.9 Å². The van der Waals surface area contributed by atoms with Gasteiger partial charge in [-0.2, -0.15) is 0 Å². The maximum Gasteiger partial charge on any atom is 0.251 e. The Hall–Kier alpha value is -1.93. The van der Waals surface area contributed by atoms with Gasteiger partial charge < -0.3 is 15.4 Å². The van der Waals surface area contributed by atoms with Crippen LogP contribution >= 0.6 is 22.9 Å². The Kier molecular flexibility index (Phi) is 8.49. The zero-order valence-electron chi connectivity index (χ0n) is 16.2. The van der Waals surface area contributed by atoms with Crippen LogP contribution in [0.4, 0.5) is 0 Å². The van der Waals surface area contributed by atoms with Crippen molar-refractivity contribution >= 4 is 34.8 Å². The molecule has 1 atom stereocenters. The summed E-state index contributed by atoms with van der Waals surface area (Å²) in [6.45, 7) is 4.22. The summed E-state index contributed by atoms with van der Waals surface area (Å²) in [6.07, 6.45) is 0.966. The molecule has 0 aliphatic carbocycles. The van der Waals surface area contributed by atoms with E-state index in [9.17, 15) is 9.59 Å². The summed E-state index contributed by atoms with van der Waals surface area (Å²) >= 11 is 7.54. The van der Waals surface area contributed by atoms with Crippen molar-refractivity contribution in [3.63, 3.8) is 0 Å². The van der Waals surface area contributed by atoms with E-state index < -0.39 is 0 Å². The largest absolute Gasteiger partial charge is 0.379 e. The Morgan fingerprint density at radius 2 is 1.90 bits per heavy atom. The van der Waals surface area contributed by atoms with Crippen molar-refractivity contribution in [2.75, 3.05) is 39.4 Å². The molecule has 2 amide bonds. The van der Waals surface area contributed by atoms with Gasteiger partial charge in [-0.3, -0.25) is 14.5 Å². The number of rotatable bonds is 9. The van der Waals surface area contributed by atoms with Gasteiger partial charge in [-0.05, 0) is 42.1 Å². The van der Waals surface area contributed by atoms with Gasteiger partial charge in [-0.25, -0.2) is 0 Å². The first-order chi connectivity index (χ1) is 14.1. The van der Waals surface area contributed by atoms with Crippen LogP contribution in [-0.2, 0) is 9.53 Å². The average Bonchev–Trinajstić information content (AvgIpc) is 3.27. The third-order valence-corrected chi connectivity index (χ3v) is 6.05. The number of ether oxygens (including phenoxy) is 1. The zero-order chi connectivity index (χ0) is 20.5. The first-order valence-electron chi connectivity index (χ1n) is 9.79. The topological polar surface area (TPSA) is 70.7 Å². The third-order valence-electron chi connectivity index (χ3n) is 4.82. The van der Waals surface area contributed by atoms with E-state index in [4.69, 9.17) is 16.3 Å². The second-order valence-corrected chi connectivity index (χ2v) is 8.27. The lowest BCUT2D eigenvalue weighted by atomic mass is 10.1. The highest BCUT2D eigenvalue weighted by Crippen LogP contribution is 2.25. The van der Waals surface area contributed by atoms with Crippen LogP contribution in [0.15, 0.2) is 41.8 Å². The fourth-order valence-corrected chi connectivity index (χ4v) is 4.22. The molecule has 1 fully saturated rings. The van der Waals surface area contributed by atoms with E-state index in [1.54, 1.807) is 35.6 Å². The van der Waals surface area contributed by atoms with E-state index in [0.717, 1.165) is 26.3 Å². The monoisotopic (exact) mass is 435 g/mol. The number of carbonyl (C=O) groups excluding carboxylic acids is 2. The van der Waals surface area contributed by atoms with Gasteiger partial charge in [0.25, 0.3) is 5.91 Å². The molecular formula is C21H26ClN3O3S. The standard InChI is InChI=1S/C21H26ClN3O3S/c22-17-7-5-16(6-8-17)21(27)23-9-1-4-20(26)24-15-18(19-3-2-14-29-19)25-10-12-28-13-11-25/h2-3,5-8,14,18H,1,4,9-13,15H2,(H,23,27)(H,24,26)/t18-/m0/s1. The van der Waals surface area contributed by atoms with Crippen LogP contribution in [0, 0.1) is 0 Å². The molecule has 0 unspecified atom stereocenters. The number of hydrogen-bond donors (Lipinski definition) is 2. The number of amides is 2. The molecule has 0 spiro atoms. The van der Waals surface area contributed by atoms with Gasteiger partial charge in [-0.15, -0.1) is 11.3 Å². The maximum atomic E-state index is 12.3. The molecular weight excluding hydrogens is 410 g/mol. The molecule has 0 saturated carbocycles. The minimum atomic E-state index is -0.160. The van der Waals surface area contributed by atoms with Crippen LogP contribution in [0.1, 0.15) is 34.1 Å². The number of benzene rings is 1. The summed E-state index contributed by atoms with van der Waals surface area (Å²) in [5, 5.41) is 8.54. The Bertz CT molecular complexity index is 777. The highest BCUT2D eigenvalue weighted by atomic mass is 35.5. The number of carbonyl (C=O) groups is 2. The molecule has 2 N–H and O–H groups in total. The van der Waals surface area contributed by atoms with E-state index in [1.807, 2.05) is 6.07 Å². The number of nitrogens with one attached hydrogen (secondary N) is 2. The van der Waals surface area contributed by atoms with Crippen molar-refractivity contribution in [1.29, 1.82) is 0 Å². The Labute approximate surface area is 180 Å². The number of thiophene rings is 1. The van der Waals surface area contributed by atoms with Crippen LogP contribution in [0.5, 0.6) is 0 Å². The summed E-state index contributed by atoms with van der Waals surface area (Å²) in [6, 6.07) is 11.1. The van der Waals surface area contributed by atoms with Gasteiger partial charge >= 0.3 is 0 Å². The molecule has 0 bridgehead atoms. The van der Waals surface area contributed by atoms with Gasteiger partial charge in [0.1, 0.15) is 0 Å². The molecule has 0 radical (unpaired) electrons. The lowest BCUT2D eigenvalue weighted by Gasteiger charge is -2.34. The molecule has 8 heteroatoms. The number of morpholine rings is 1. The van der Waals surface area contributed by atoms with E-state index >= 15 is 0 Å². The maximum absolute atomic E-state index is 12.3. The van der Waals surface area contributed by atoms with Gasteiger partial charge in [-0.1, -0.05) is 17.7 Å². The highest BCUT2D eigenvalue weighted by Gasteiger charge is 2.23. The zero-order valence-corrected chi connectivity index (χ0v) is 17.8. The lowest BCUT2D eigenvalue weighted by Crippen LogP contribution is -2.43. The molecule has 1 saturated heterocycles. The molecule has 3 rings (SSSR count). The number of nitrogens with zero attached hydrogens (tertiary/aromatic N) is 1. The molecule has 2 aromatic rings. The Morgan fingerprint density at radius 1 is 1.14 bits per heavy atom. The second kappa shape index (κ2) is 11.3. The number of halogens is 1. The molecule has 6 nitrogen and oxygen atoms in total. The third kappa shape index (κ3) is 6.82. The highest BCUT2D eigenvalue weighted by molar-refractivity contribution is 7.10. The second-order valence-electron chi connectivity index (χ2n) is 6.85. The minimum Gasteiger partial charge on any atom is -0.379 e. The van der Waals surface area contributed by atoms with Crippen molar-refractivity contribution in [3.8, 4) is 0 Å². The average molecular weight is 436 g/mol. The van der Waals surface area contributed by atoms with Gasteiger partial charge in [0.05, 0.1) is 19.3 Å². The van der Waals surface area contributed by atoms with Crippen molar-refractivity contribution in [1.82, 2.24) is 15.5 Å². The fraction of sp³-hybridized carbons (Fsp3) is 0.429. The molecule has 1 aromatic heterocycles.